The first kappa shape index (κ1) is 36.5. The topological polar surface area (TPSA) is 85.2 Å². The zero-order chi connectivity index (χ0) is 30.7. The fraction of sp³-hybridized carbons (Fsp3) is 0.919. The first-order chi connectivity index (χ1) is 21.0. The van der Waals surface area contributed by atoms with E-state index >= 15 is 0 Å². The molecular weight excluding hydrogens is 540 g/mol. The van der Waals surface area contributed by atoms with Crippen LogP contribution in [0.5, 0.6) is 0 Å². The highest BCUT2D eigenvalue weighted by molar-refractivity contribution is 5.90. The van der Waals surface area contributed by atoms with E-state index in [-0.39, 0.29) is 48.7 Å². The molecule has 2 N–H and O–H groups in total. The first-order valence-electron chi connectivity index (χ1n) is 18.6. The molecule has 0 aromatic carbocycles. The summed E-state index contributed by atoms with van der Waals surface area (Å²) < 4.78 is 17.7. The number of carbonyl (C=O) groups excluding carboxylic acids is 1. The van der Waals surface area contributed by atoms with Crippen molar-refractivity contribution < 1.29 is 29.2 Å². The number of carbonyl (C=O) groups is 1. The molecule has 0 aliphatic carbocycles. The molecule has 2 fully saturated rings. The van der Waals surface area contributed by atoms with Crippen LogP contribution in [0.15, 0.2) is 11.6 Å². The maximum atomic E-state index is 11.6. The van der Waals surface area contributed by atoms with Gasteiger partial charge in [-0.3, -0.25) is 0 Å². The van der Waals surface area contributed by atoms with Crippen LogP contribution >= 0.6 is 0 Å². The van der Waals surface area contributed by atoms with Crippen molar-refractivity contribution in [1.82, 2.24) is 0 Å². The van der Waals surface area contributed by atoms with Crippen LogP contribution in [0.25, 0.3) is 0 Å². The van der Waals surface area contributed by atoms with Crippen molar-refractivity contribution in [3.05, 3.63) is 11.6 Å². The third-order valence-corrected chi connectivity index (χ3v) is 9.98. The van der Waals surface area contributed by atoms with E-state index in [9.17, 15) is 15.0 Å². The molecule has 6 nitrogen and oxygen atoms in total. The molecule has 0 amide bonds. The van der Waals surface area contributed by atoms with E-state index < -0.39 is 0 Å². The highest BCUT2D eigenvalue weighted by Crippen LogP contribution is 2.34. The van der Waals surface area contributed by atoms with Crippen LogP contribution < -0.4 is 0 Å². The number of aliphatic hydroxyl groups is 2. The van der Waals surface area contributed by atoms with E-state index in [0.717, 1.165) is 69.8 Å². The predicted molar refractivity (Wildman–Crippen MR) is 174 cm³/mol. The average Bonchev–Trinajstić information content (AvgIpc) is 3.75. The number of esters is 1. The van der Waals surface area contributed by atoms with Crippen molar-refractivity contribution in [3.63, 3.8) is 0 Å². The predicted octanol–water partition coefficient (Wildman–Crippen LogP) is 8.89. The number of unbranched alkanes of at least 4 members (excludes halogenated alkanes) is 16. The van der Waals surface area contributed by atoms with Crippen LogP contribution in [0.2, 0.25) is 0 Å². The monoisotopic (exact) mass is 606 g/mol. The SMILES string of the molecule is CCCCCCCCCC[C@H](O)[C@H]1CC[C@H]([C@H]2CC[C@H]([C@H](O)CCCCCCCCCCCCC3=C[C@H](C)OC3=O)O2)O1. The highest BCUT2D eigenvalue weighted by Gasteiger charge is 2.40. The van der Waals surface area contributed by atoms with E-state index in [1.165, 1.54) is 96.3 Å². The molecule has 3 aliphatic heterocycles. The van der Waals surface area contributed by atoms with Crippen molar-refractivity contribution in [1.29, 1.82) is 0 Å². The highest BCUT2D eigenvalue weighted by atomic mass is 16.6. The quantitative estimate of drug-likeness (QED) is 0.0797. The molecule has 0 saturated carbocycles. The average molecular weight is 607 g/mol. The van der Waals surface area contributed by atoms with Gasteiger partial charge in [-0.15, -0.1) is 0 Å². The molecule has 3 aliphatic rings. The van der Waals surface area contributed by atoms with Gasteiger partial charge in [0.15, 0.2) is 0 Å². The number of hydrogen-bond donors (Lipinski definition) is 2. The molecule has 0 unspecified atom stereocenters. The van der Waals surface area contributed by atoms with Crippen LogP contribution in [-0.4, -0.2) is 58.9 Å². The Morgan fingerprint density at radius 3 is 1.49 bits per heavy atom. The van der Waals surface area contributed by atoms with Gasteiger partial charge >= 0.3 is 5.97 Å². The number of hydrogen-bond acceptors (Lipinski definition) is 6. The van der Waals surface area contributed by atoms with Gasteiger partial charge in [0.1, 0.15) is 6.10 Å². The van der Waals surface area contributed by atoms with E-state index in [0.29, 0.717) is 0 Å². The summed E-state index contributed by atoms with van der Waals surface area (Å²) in [4.78, 5) is 11.6. The molecule has 6 heteroatoms. The Labute approximate surface area is 263 Å². The number of ether oxygens (including phenoxy) is 3. The minimum absolute atomic E-state index is 0.0466. The minimum atomic E-state index is -0.375. The van der Waals surface area contributed by atoms with Gasteiger partial charge in [-0.25, -0.2) is 4.79 Å². The largest absolute Gasteiger partial charge is 0.455 e. The summed E-state index contributed by atoms with van der Waals surface area (Å²) in [6.07, 6.45) is 29.9. The summed E-state index contributed by atoms with van der Waals surface area (Å²) in [7, 11) is 0. The van der Waals surface area contributed by atoms with E-state index in [1.54, 1.807) is 0 Å². The Bertz CT molecular complexity index is 768. The second-order valence-electron chi connectivity index (χ2n) is 13.9. The third-order valence-electron chi connectivity index (χ3n) is 9.98. The smallest absolute Gasteiger partial charge is 0.334 e. The Balaban J connectivity index is 1.12. The van der Waals surface area contributed by atoms with Crippen molar-refractivity contribution in [2.45, 2.75) is 217 Å². The first-order valence-corrected chi connectivity index (χ1v) is 18.6. The number of aliphatic hydroxyl groups excluding tert-OH is 2. The van der Waals surface area contributed by atoms with E-state index in [1.807, 2.05) is 13.0 Å². The molecule has 3 rings (SSSR count). The van der Waals surface area contributed by atoms with Gasteiger partial charge in [0, 0.05) is 5.57 Å². The minimum Gasteiger partial charge on any atom is -0.455 e. The lowest BCUT2D eigenvalue weighted by molar-refractivity contribution is -0.139. The second-order valence-corrected chi connectivity index (χ2v) is 13.9. The van der Waals surface area contributed by atoms with Crippen LogP contribution in [0.3, 0.4) is 0 Å². The summed E-state index contributed by atoms with van der Waals surface area (Å²) in [6, 6.07) is 0. The molecule has 43 heavy (non-hydrogen) atoms. The van der Waals surface area contributed by atoms with Crippen molar-refractivity contribution in [2.24, 2.45) is 0 Å². The molecule has 0 spiro atoms. The van der Waals surface area contributed by atoms with Gasteiger partial charge in [-0.1, -0.05) is 116 Å². The normalized spacial score (nSPS) is 27.0. The van der Waals surface area contributed by atoms with Crippen molar-refractivity contribution in [2.75, 3.05) is 0 Å². The van der Waals surface area contributed by atoms with E-state index in [4.69, 9.17) is 14.2 Å². The van der Waals surface area contributed by atoms with Crippen LogP contribution in [0.4, 0.5) is 0 Å². The lowest BCUT2D eigenvalue weighted by Crippen LogP contribution is -2.33. The standard InChI is InChI=1S/C37H66O6/c1-3-4-5-6-7-13-16-19-22-31(38)33-24-26-35(42-33)36-27-25-34(43-36)32(39)23-20-17-14-11-9-8-10-12-15-18-21-30-28-29(2)41-37(30)40/h28-29,31-36,38-39H,3-27H2,1-2H3/t29-,31-,32+,33+,34+,35+,36+/m0/s1. The molecular formula is C37H66O6. The molecule has 0 radical (unpaired) electrons. The van der Waals surface area contributed by atoms with Gasteiger partial charge < -0.3 is 24.4 Å². The van der Waals surface area contributed by atoms with Crippen LogP contribution in [0.1, 0.15) is 174 Å². The molecule has 2 saturated heterocycles. The van der Waals surface area contributed by atoms with Gasteiger partial charge in [0.05, 0.1) is 36.6 Å². The Morgan fingerprint density at radius 1 is 0.651 bits per heavy atom. The second kappa shape index (κ2) is 21.7. The Morgan fingerprint density at radius 2 is 1.07 bits per heavy atom. The zero-order valence-corrected chi connectivity index (χ0v) is 27.8. The van der Waals surface area contributed by atoms with Crippen LogP contribution in [0, 0.1) is 0 Å². The Kier molecular flexibility index (Phi) is 18.5. The molecule has 0 bridgehead atoms. The van der Waals surface area contributed by atoms with Gasteiger partial charge in [-0.05, 0) is 64.4 Å². The molecule has 3 heterocycles. The van der Waals surface area contributed by atoms with Crippen molar-refractivity contribution >= 4 is 5.97 Å². The summed E-state index contributed by atoms with van der Waals surface area (Å²) in [6.45, 7) is 4.17. The Hall–Kier alpha value is -0.950. The van der Waals surface area contributed by atoms with Crippen molar-refractivity contribution in [3.8, 4) is 0 Å². The fourth-order valence-corrected chi connectivity index (χ4v) is 7.25. The van der Waals surface area contributed by atoms with Gasteiger partial charge in [0.25, 0.3) is 0 Å². The third kappa shape index (κ3) is 14.3. The number of cyclic esters (lactones) is 1. The number of rotatable bonds is 25. The van der Waals surface area contributed by atoms with E-state index in [2.05, 4.69) is 6.92 Å². The molecule has 250 valence electrons. The summed E-state index contributed by atoms with van der Waals surface area (Å²) in [5.41, 5.74) is 0.869. The lowest BCUT2D eigenvalue weighted by atomic mass is 10.0. The van der Waals surface area contributed by atoms with Gasteiger partial charge in [0.2, 0.25) is 0 Å². The lowest BCUT2D eigenvalue weighted by Gasteiger charge is -2.24. The summed E-state index contributed by atoms with van der Waals surface area (Å²) in [5.74, 6) is -0.118. The maximum Gasteiger partial charge on any atom is 0.334 e. The van der Waals surface area contributed by atoms with Gasteiger partial charge in [-0.2, -0.15) is 0 Å². The molecule has 0 aromatic heterocycles. The molecule has 7 atom stereocenters. The molecule has 0 aromatic rings. The zero-order valence-electron chi connectivity index (χ0n) is 27.8. The van der Waals surface area contributed by atoms with Crippen LogP contribution in [-0.2, 0) is 19.0 Å². The summed E-state index contributed by atoms with van der Waals surface area (Å²) in [5, 5.41) is 21.4. The maximum absolute atomic E-state index is 11.6. The fourth-order valence-electron chi connectivity index (χ4n) is 7.25. The summed E-state index contributed by atoms with van der Waals surface area (Å²) >= 11 is 0.